The molecule has 0 spiro atoms. The Morgan fingerprint density at radius 1 is 0.960 bits per heavy atom. The molecular weight excluding hydrogens is 433 g/mol. The number of halogens is 1. The summed E-state index contributed by atoms with van der Waals surface area (Å²) in [5.41, 5.74) is 0.506. The molecule has 3 aromatic rings. The average Bonchev–Trinajstić information content (AvgIpc) is 3.44. The van der Waals surface area contributed by atoms with Crippen molar-refractivity contribution >= 4 is 51.4 Å². The number of hydrogen-bond donors (Lipinski definition) is 3. The van der Waals surface area contributed by atoms with Crippen LogP contribution in [-0.2, 0) is 0 Å². The molecule has 1 heterocycles. The number of anilines is 5. The minimum atomic E-state index is -0.520. The van der Waals surface area contributed by atoms with Gasteiger partial charge in [-0.25, -0.2) is 4.98 Å². The SMILES string of the molecule is O=c1c(Nc2ccnc(Nc3ccc(I)cc3)n2)c(NC2CC2)c1=O. The number of aromatic nitrogens is 2. The molecule has 1 aliphatic rings. The van der Waals surface area contributed by atoms with Crippen LogP contribution in [0.1, 0.15) is 12.8 Å². The molecule has 1 fully saturated rings. The molecule has 0 amide bonds. The Hall–Kier alpha value is -2.49. The second-order valence-electron chi connectivity index (χ2n) is 5.85. The van der Waals surface area contributed by atoms with E-state index in [1.807, 2.05) is 24.3 Å². The fourth-order valence-electron chi connectivity index (χ4n) is 2.36. The maximum absolute atomic E-state index is 11.8. The Morgan fingerprint density at radius 3 is 2.40 bits per heavy atom. The molecule has 1 aromatic heterocycles. The van der Waals surface area contributed by atoms with Crippen LogP contribution in [0.5, 0.6) is 0 Å². The van der Waals surface area contributed by atoms with Crippen molar-refractivity contribution in [2.45, 2.75) is 18.9 Å². The molecule has 0 radical (unpaired) electrons. The summed E-state index contributed by atoms with van der Waals surface area (Å²) in [5, 5.41) is 9.12. The van der Waals surface area contributed by atoms with Gasteiger partial charge in [-0.05, 0) is 65.8 Å². The van der Waals surface area contributed by atoms with Crippen LogP contribution in [0.2, 0.25) is 0 Å². The topological polar surface area (TPSA) is 96.0 Å². The van der Waals surface area contributed by atoms with Gasteiger partial charge in [-0.2, -0.15) is 4.98 Å². The third-order valence-corrected chi connectivity index (χ3v) is 4.56. The molecule has 0 bridgehead atoms. The molecule has 0 aliphatic heterocycles. The lowest BCUT2D eigenvalue weighted by molar-refractivity contribution is 1.12. The number of nitrogens with zero attached hydrogens (tertiary/aromatic N) is 2. The van der Waals surface area contributed by atoms with E-state index in [2.05, 4.69) is 48.5 Å². The second-order valence-corrected chi connectivity index (χ2v) is 7.09. The van der Waals surface area contributed by atoms with Crippen LogP contribution in [-0.4, -0.2) is 16.0 Å². The van der Waals surface area contributed by atoms with Gasteiger partial charge in [0.25, 0.3) is 10.9 Å². The molecule has 4 rings (SSSR count). The van der Waals surface area contributed by atoms with Gasteiger partial charge in [0.05, 0.1) is 0 Å². The van der Waals surface area contributed by atoms with Crippen molar-refractivity contribution in [3.63, 3.8) is 0 Å². The van der Waals surface area contributed by atoms with E-state index in [1.165, 1.54) is 0 Å². The maximum Gasteiger partial charge on any atom is 0.253 e. The van der Waals surface area contributed by atoms with E-state index in [9.17, 15) is 9.59 Å². The molecule has 25 heavy (non-hydrogen) atoms. The quantitative estimate of drug-likeness (QED) is 0.395. The molecule has 2 aromatic carbocycles. The van der Waals surface area contributed by atoms with E-state index < -0.39 is 10.9 Å². The van der Waals surface area contributed by atoms with Crippen molar-refractivity contribution in [1.29, 1.82) is 0 Å². The number of nitrogens with one attached hydrogen (secondary N) is 3. The monoisotopic (exact) mass is 447 g/mol. The van der Waals surface area contributed by atoms with Crippen LogP contribution in [0.3, 0.4) is 0 Å². The van der Waals surface area contributed by atoms with E-state index in [4.69, 9.17) is 0 Å². The van der Waals surface area contributed by atoms with Gasteiger partial charge >= 0.3 is 0 Å². The molecule has 126 valence electrons. The summed E-state index contributed by atoms with van der Waals surface area (Å²) in [5.74, 6) is 0.857. The molecule has 0 saturated heterocycles. The molecule has 7 nitrogen and oxygen atoms in total. The van der Waals surface area contributed by atoms with Crippen molar-refractivity contribution in [1.82, 2.24) is 9.97 Å². The zero-order valence-electron chi connectivity index (χ0n) is 13.0. The summed E-state index contributed by atoms with van der Waals surface area (Å²) >= 11 is 2.24. The minimum absolute atomic E-state index is 0.274. The van der Waals surface area contributed by atoms with E-state index in [0.717, 1.165) is 22.1 Å². The van der Waals surface area contributed by atoms with E-state index in [-0.39, 0.29) is 5.69 Å². The molecule has 0 unspecified atom stereocenters. The standard InChI is InChI=1S/C17H14IN5O2/c18-9-1-3-11(4-2-9)21-17-19-8-7-12(23-17)22-14-13(15(24)16(14)25)20-10-5-6-10/h1-4,7-8,10,20H,5-6H2,(H2,19,21,22,23). The van der Waals surface area contributed by atoms with Gasteiger partial charge in [0.15, 0.2) is 0 Å². The van der Waals surface area contributed by atoms with Gasteiger partial charge in [-0.15, -0.1) is 0 Å². The van der Waals surface area contributed by atoms with Gasteiger partial charge in [0, 0.05) is 21.5 Å². The fraction of sp³-hybridized carbons (Fsp3) is 0.176. The molecule has 3 N–H and O–H groups in total. The molecule has 8 heteroatoms. The van der Waals surface area contributed by atoms with Crippen molar-refractivity contribution in [3.8, 4) is 0 Å². The van der Waals surface area contributed by atoms with Crippen molar-refractivity contribution in [3.05, 3.63) is 60.5 Å². The summed E-state index contributed by atoms with van der Waals surface area (Å²) in [6, 6.07) is 9.76. The third kappa shape index (κ3) is 3.48. The zero-order valence-corrected chi connectivity index (χ0v) is 15.2. The Balaban J connectivity index is 1.52. The van der Waals surface area contributed by atoms with Crippen LogP contribution in [0.15, 0.2) is 46.1 Å². The Bertz CT molecular complexity index is 991. The first kappa shape index (κ1) is 16.0. The Morgan fingerprint density at radius 2 is 1.68 bits per heavy atom. The number of hydrogen-bond acceptors (Lipinski definition) is 7. The van der Waals surface area contributed by atoms with Crippen molar-refractivity contribution in [2.24, 2.45) is 0 Å². The Kier molecular flexibility index (Phi) is 4.12. The maximum atomic E-state index is 11.8. The lowest BCUT2D eigenvalue weighted by atomic mass is 10.2. The third-order valence-electron chi connectivity index (χ3n) is 3.85. The lowest BCUT2D eigenvalue weighted by Gasteiger charge is -2.14. The highest BCUT2D eigenvalue weighted by Crippen LogP contribution is 2.28. The second kappa shape index (κ2) is 6.43. The van der Waals surface area contributed by atoms with Gasteiger partial charge in [0.2, 0.25) is 5.95 Å². The molecular formula is C17H14IN5O2. The first-order valence-corrected chi connectivity index (χ1v) is 8.90. The summed E-state index contributed by atoms with van der Waals surface area (Å²) in [6.45, 7) is 0. The fourth-order valence-corrected chi connectivity index (χ4v) is 2.72. The molecule has 1 saturated carbocycles. The van der Waals surface area contributed by atoms with Crippen molar-refractivity contribution in [2.75, 3.05) is 16.0 Å². The predicted molar refractivity (Wildman–Crippen MR) is 106 cm³/mol. The first-order chi connectivity index (χ1) is 12.1. The van der Waals surface area contributed by atoms with Crippen LogP contribution >= 0.6 is 22.6 Å². The van der Waals surface area contributed by atoms with E-state index in [0.29, 0.717) is 23.5 Å². The van der Waals surface area contributed by atoms with Gasteiger partial charge in [0.1, 0.15) is 17.2 Å². The van der Waals surface area contributed by atoms with Crippen molar-refractivity contribution < 1.29 is 0 Å². The normalized spacial score (nSPS) is 13.6. The highest BCUT2D eigenvalue weighted by atomic mass is 127. The highest BCUT2D eigenvalue weighted by molar-refractivity contribution is 14.1. The van der Waals surface area contributed by atoms with Crippen LogP contribution < -0.4 is 26.8 Å². The highest BCUT2D eigenvalue weighted by Gasteiger charge is 2.28. The molecule has 0 atom stereocenters. The number of rotatable bonds is 6. The Labute approximate surface area is 156 Å². The first-order valence-electron chi connectivity index (χ1n) is 7.82. The van der Waals surface area contributed by atoms with Crippen LogP contribution in [0.25, 0.3) is 0 Å². The minimum Gasteiger partial charge on any atom is -0.377 e. The predicted octanol–water partition coefficient (Wildman–Crippen LogP) is 2.74. The van der Waals surface area contributed by atoms with Gasteiger partial charge < -0.3 is 16.0 Å². The van der Waals surface area contributed by atoms with Gasteiger partial charge in [-0.3, -0.25) is 9.59 Å². The summed E-state index contributed by atoms with van der Waals surface area (Å²) in [6.07, 6.45) is 3.63. The lowest BCUT2D eigenvalue weighted by Crippen LogP contribution is -2.37. The van der Waals surface area contributed by atoms with Crippen LogP contribution in [0.4, 0.5) is 28.8 Å². The largest absolute Gasteiger partial charge is 0.377 e. The molecule has 1 aliphatic carbocycles. The van der Waals surface area contributed by atoms with Gasteiger partial charge in [-0.1, -0.05) is 0 Å². The average molecular weight is 447 g/mol. The van der Waals surface area contributed by atoms with E-state index >= 15 is 0 Å². The smallest absolute Gasteiger partial charge is 0.253 e. The van der Waals surface area contributed by atoms with E-state index in [1.54, 1.807) is 12.3 Å². The summed E-state index contributed by atoms with van der Waals surface area (Å²) in [4.78, 5) is 32.0. The summed E-state index contributed by atoms with van der Waals surface area (Å²) < 4.78 is 1.13. The number of benzene rings is 1. The van der Waals surface area contributed by atoms with Crippen LogP contribution in [0, 0.1) is 3.57 Å². The zero-order chi connectivity index (χ0) is 17.4. The summed E-state index contributed by atoms with van der Waals surface area (Å²) in [7, 11) is 0.